The van der Waals surface area contributed by atoms with Crippen molar-refractivity contribution in [3.8, 4) is 11.4 Å². The Kier molecular flexibility index (Phi) is 6.04. The van der Waals surface area contributed by atoms with Crippen LogP contribution in [0.25, 0.3) is 22.3 Å². The number of piperazine rings is 1. The van der Waals surface area contributed by atoms with Crippen molar-refractivity contribution in [2.24, 2.45) is 0 Å². The molecule has 0 bridgehead atoms. The van der Waals surface area contributed by atoms with Gasteiger partial charge < -0.3 is 10.2 Å². The van der Waals surface area contributed by atoms with Gasteiger partial charge in [-0.3, -0.25) is 5.10 Å². The molecular weight excluding hydrogens is 495 g/mol. The summed E-state index contributed by atoms with van der Waals surface area (Å²) >= 11 is 0. The first-order chi connectivity index (χ1) is 17.1. The quantitative estimate of drug-likeness (QED) is 0.414. The van der Waals surface area contributed by atoms with Gasteiger partial charge in [-0.15, -0.1) is 0 Å². The van der Waals surface area contributed by atoms with Crippen LogP contribution in [0.4, 0.5) is 30.6 Å². The molecule has 1 fully saturated rings. The number of hydrogen-bond acceptors (Lipinski definition) is 7. The Morgan fingerprint density at radius 2 is 1.67 bits per heavy atom. The number of sulfonamides is 1. The van der Waals surface area contributed by atoms with E-state index >= 15 is 0 Å². The molecule has 5 rings (SSSR count). The number of fused-ring (bicyclic) bond motifs is 1. The Morgan fingerprint density at radius 3 is 2.39 bits per heavy atom. The normalized spacial score (nSPS) is 15.4. The highest BCUT2D eigenvalue weighted by molar-refractivity contribution is 7.88. The lowest BCUT2D eigenvalue weighted by Crippen LogP contribution is -2.48. The average molecular weight is 518 g/mol. The summed E-state index contributed by atoms with van der Waals surface area (Å²) in [5, 5.41) is 11.1. The lowest BCUT2D eigenvalue weighted by atomic mass is 10.1. The van der Waals surface area contributed by atoms with Crippen molar-refractivity contribution >= 4 is 38.4 Å². The molecule has 9 nitrogen and oxygen atoms in total. The van der Waals surface area contributed by atoms with Crippen molar-refractivity contribution in [2.75, 3.05) is 42.7 Å². The maximum atomic E-state index is 13.8. The molecule has 13 heteroatoms. The second kappa shape index (κ2) is 9.06. The minimum atomic E-state index is -4.59. The summed E-state index contributed by atoms with van der Waals surface area (Å²) in [6.07, 6.45) is -3.45. The van der Waals surface area contributed by atoms with Gasteiger partial charge in [0.05, 0.1) is 17.3 Å². The fourth-order valence-electron chi connectivity index (χ4n) is 4.14. The lowest BCUT2D eigenvalue weighted by molar-refractivity contribution is -0.137. The zero-order valence-corrected chi connectivity index (χ0v) is 19.9. The molecule has 2 aromatic carbocycles. The molecule has 0 radical (unpaired) electrons. The first-order valence-corrected chi connectivity index (χ1v) is 12.9. The fourth-order valence-corrected chi connectivity index (χ4v) is 4.96. The van der Waals surface area contributed by atoms with Crippen LogP contribution in [0.1, 0.15) is 5.56 Å². The predicted molar refractivity (Wildman–Crippen MR) is 130 cm³/mol. The monoisotopic (exact) mass is 517 g/mol. The van der Waals surface area contributed by atoms with E-state index in [0.717, 1.165) is 23.2 Å². The van der Waals surface area contributed by atoms with Crippen LogP contribution in [0.15, 0.2) is 54.6 Å². The minimum Gasteiger partial charge on any atom is -0.354 e. The van der Waals surface area contributed by atoms with Gasteiger partial charge >= 0.3 is 6.18 Å². The maximum absolute atomic E-state index is 13.8. The number of alkyl halides is 3. The van der Waals surface area contributed by atoms with Gasteiger partial charge in [-0.25, -0.2) is 18.4 Å². The third-order valence-electron chi connectivity index (χ3n) is 5.93. The number of hydrogen-bond donors (Lipinski definition) is 2. The molecule has 188 valence electrons. The van der Waals surface area contributed by atoms with E-state index in [1.165, 1.54) is 22.5 Å². The molecule has 0 atom stereocenters. The molecule has 0 spiro atoms. The van der Waals surface area contributed by atoms with Crippen molar-refractivity contribution in [1.29, 1.82) is 0 Å². The van der Waals surface area contributed by atoms with Gasteiger partial charge in [-0.1, -0.05) is 30.3 Å². The van der Waals surface area contributed by atoms with E-state index in [4.69, 9.17) is 0 Å². The number of aromatic amines is 1. The highest BCUT2D eigenvalue weighted by Gasteiger charge is 2.34. The van der Waals surface area contributed by atoms with Gasteiger partial charge in [0.15, 0.2) is 11.6 Å². The van der Waals surface area contributed by atoms with E-state index in [2.05, 4.69) is 25.5 Å². The van der Waals surface area contributed by atoms with Gasteiger partial charge in [0.2, 0.25) is 10.0 Å². The summed E-state index contributed by atoms with van der Waals surface area (Å²) in [5.74, 6) is 1.00. The molecule has 1 saturated heterocycles. The zero-order valence-electron chi connectivity index (χ0n) is 19.1. The summed E-state index contributed by atoms with van der Waals surface area (Å²) < 4.78 is 66.4. The maximum Gasteiger partial charge on any atom is 0.417 e. The van der Waals surface area contributed by atoms with Crippen molar-refractivity contribution in [3.05, 3.63) is 60.2 Å². The lowest BCUT2D eigenvalue weighted by Gasteiger charge is -2.34. The summed E-state index contributed by atoms with van der Waals surface area (Å²) in [6, 6.07) is 14.2. The number of aromatic nitrogens is 4. The number of anilines is 3. The molecule has 2 N–H and O–H groups in total. The van der Waals surface area contributed by atoms with Crippen molar-refractivity contribution in [3.63, 3.8) is 0 Å². The second-order valence-electron chi connectivity index (χ2n) is 8.37. The Balaban J connectivity index is 1.57. The van der Waals surface area contributed by atoms with Crippen LogP contribution in [0, 0.1) is 0 Å². The Bertz CT molecular complexity index is 1510. The summed E-state index contributed by atoms with van der Waals surface area (Å²) in [5.41, 5.74) is -0.217. The van der Waals surface area contributed by atoms with Gasteiger partial charge in [0.1, 0.15) is 11.6 Å². The van der Waals surface area contributed by atoms with Crippen LogP contribution in [0.2, 0.25) is 0 Å². The van der Waals surface area contributed by atoms with Crippen LogP contribution >= 0.6 is 0 Å². The molecule has 3 heterocycles. The van der Waals surface area contributed by atoms with E-state index in [1.54, 1.807) is 6.07 Å². The van der Waals surface area contributed by atoms with Gasteiger partial charge in [0, 0.05) is 43.2 Å². The SMILES string of the molecule is CS(=O)(=O)N1CCN(c2cc(Nc3n[nH]c4ccccc34)nc(-c3ccccc3C(F)(F)F)n2)CC1. The highest BCUT2D eigenvalue weighted by atomic mass is 32.2. The van der Waals surface area contributed by atoms with Gasteiger partial charge in [-0.2, -0.15) is 22.6 Å². The predicted octanol–water partition coefficient (Wildman–Crippen LogP) is 3.86. The zero-order chi connectivity index (χ0) is 25.5. The number of benzene rings is 2. The molecule has 0 aliphatic carbocycles. The largest absolute Gasteiger partial charge is 0.417 e. The Morgan fingerprint density at radius 1 is 0.972 bits per heavy atom. The number of nitrogens with zero attached hydrogens (tertiary/aromatic N) is 5. The molecule has 0 amide bonds. The molecule has 4 aromatic rings. The van der Waals surface area contributed by atoms with Gasteiger partial charge in [-0.05, 0) is 18.2 Å². The van der Waals surface area contributed by atoms with Crippen LogP contribution in [-0.4, -0.2) is 65.3 Å². The topological polar surface area (TPSA) is 107 Å². The number of nitrogens with one attached hydrogen (secondary N) is 2. The number of para-hydroxylation sites is 1. The number of halogens is 3. The molecular formula is C23H22F3N7O2S. The molecule has 0 unspecified atom stereocenters. The molecule has 0 saturated carbocycles. The third-order valence-corrected chi connectivity index (χ3v) is 7.24. The second-order valence-corrected chi connectivity index (χ2v) is 10.4. The van der Waals surface area contributed by atoms with Crippen LogP contribution in [-0.2, 0) is 16.2 Å². The Labute approximate surface area is 205 Å². The average Bonchev–Trinajstić information content (AvgIpc) is 3.25. The van der Waals surface area contributed by atoms with E-state index in [1.807, 2.05) is 29.2 Å². The first-order valence-electron chi connectivity index (χ1n) is 11.1. The van der Waals surface area contributed by atoms with Crippen LogP contribution in [0.5, 0.6) is 0 Å². The first kappa shape index (κ1) is 24.0. The standard InChI is InChI=1S/C23H22F3N7O2S/c1-36(34,35)33-12-10-32(11-13-33)20-14-19(28-22-16-7-3-5-9-18(16)30-31-22)27-21(29-20)15-6-2-4-8-17(15)23(24,25)26/h2-9,14H,10-13H2,1H3,(H2,27,28,29,30,31). The fraction of sp³-hybridized carbons (Fsp3) is 0.261. The van der Waals surface area contributed by atoms with E-state index in [0.29, 0.717) is 24.7 Å². The van der Waals surface area contributed by atoms with E-state index in [-0.39, 0.29) is 30.3 Å². The van der Waals surface area contributed by atoms with E-state index < -0.39 is 21.8 Å². The molecule has 2 aromatic heterocycles. The Hall–Kier alpha value is -3.71. The molecule has 36 heavy (non-hydrogen) atoms. The summed E-state index contributed by atoms with van der Waals surface area (Å²) in [7, 11) is -3.34. The highest BCUT2D eigenvalue weighted by Crippen LogP contribution is 2.37. The van der Waals surface area contributed by atoms with E-state index in [9.17, 15) is 21.6 Å². The van der Waals surface area contributed by atoms with Crippen molar-refractivity contribution in [1.82, 2.24) is 24.5 Å². The third kappa shape index (κ3) is 4.84. The summed E-state index contributed by atoms with van der Waals surface area (Å²) in [6.45, 7) is 1.14. The smallest absolute Gasteiger partial charge is 0.354 e. The molecule has 1 aliphatic heterocycles. The molecule has 1 aliphatic rings. The van der Waals surface area contributed by atoms with Gasteiger partial charge in [0.25, 0.3) is 0 Å². The minimum absolute atomic E-state index is 0.103. The van der Waals surface area contributed by atoms with Crippen LogP contribution in [0.3, 0.4) is 0 Å². The number of H-pyrrole nitrogens is 1. The van der Waals surface area contributed by atoms with Crippen LogP contribution < -0.4 is 10.2 Å². The summed E-state index contributed by atoms with van der Waals surface area (Å²) in [4.78, 5) is 10.7. The number of rotatable bonds is 5. The van der Waals surface area contributed by atoms with Crippen molar-refractivity contribution in [2.45, 2.75) is 6.18 Å². The van der Waals surface area contributed by atoms with Crippen molar-refractivity contribution < 1.29 is 21.6 Å².